The quantitative estimate of drug-likeness (QED) is 0.832. The number of rotatable bonds is 2. The number of hydrogen-bond acceptors (Lipinski definition) is 4. The molecule has 0 atom stereocenters. The molecule has 1 aliphatic heterocycles. The molecular weight excluding hydrogens is 242 g/mol. The van der Waals surface area contributed by atoms with E-state index >= 15 is 0 Å². The van der Waals surface area contributed by atoms with Crippen LogP contribution in [-0.2, 0) is 6.42 Å². The van der Waals surface area contributed by atoms with Crippen LogP contribution in [0.2, 0.25) is 0 Å². The van der Waals surface area contributed by atoms with Gasteiger partial charge in [-0.3, -0.25) is 0 Å². The molecule has 0 aliphatic carbocycles. The van der Waals surface area contributed by atoms with E-state index in [1.165, 1.54) is 5.69 Å². The van der Waals surface area contributed by atoms with Crippen LogP contribution in [0.15, 0.2) is 18.2 Å². The predicted octanol–water partition coefficient (Wildman–Crippen LogP) is 2.67. The van der Waals surface area contributed by atoms with E-state index in [0.717, 1.165) is 24.4 Å². The van der Waals surface area contributed by atoms with Gasteiger partial charge in [-0.25, -0.2) is 0 Å². The van der Waals surface area contributed by atoms with Crippen molar-refractivity contribution in [1.29, 1.82) is 5.26 Å². The number of nitrogens with two attached hydrogens (primary N) is 1. The Balaban J connectivity index is 2.23. The Morgan fingerprint density at radius 3 is 2.94 bits per heavy atom. The van der Waals surface area contributed by atoms with Crippen molar-refractivity contribution >= 4 is 23.1 Å². The molecule has 0 radical (unpaired) electrons. The third-order valence-corrected chi connectivity index (χ3v) is 4.48. The minimum atomic E-state index is 0.287. The van der Waals surface area contributed by atoms with Gasteiger partial charge < -0.3 is 10.6 Å². The maximum Gasteiger partial charge on any atom is 0.0670 e. The van der Waals surface area contributed by atoms with Crippen LogP contribution < -0.4 is 10.6 Å². The molecule has 0 amide bonds. The number of nitriles is 1. The van der Waals surface area contributed by atoms with Crippen molar-refractivity contribution in [2.75, 3.05) is 29.5 Å². The van der Waals surface area contributed by atoms with E-state index in [1.807, 2.05) is 17.8 Å². The summed E-state index contributed by atoms with van der Waals surface area (Å²) >= 11 is 2.02. The molecular formula is C14H19N3S. The highest BCUT2D eigenvalue weighted by Crippen LogP contribution is 2.33. The van der Waals surface area contributed by atoms with Crippen molar-refractivity contribution in [2.45, 2.75) is 25.0 Å². The minimum Gasteiger partial charge on any atom is -0.398 e. The van der Waals surface area contributed by atoms with Gasteiger partial charge in [0.25, 0.3) is 0 Å². The van der Waals surface area contributed by atoms with E-state index in [1.54, 1.807) is 0 Å². The van der Waals surface area contributed by atoms with Gasteiger partial charge >= 0.3 is 0 Å². The Labute approximate surface area is 113 Å². The van der Waals surface area contributed by atoms with E-state index in [9.17, 15) is 0 Å². The summed E-state index contributed by atoms with van der Waals surface area (Å²) in [7, 11) is 0. The van der Waals surface area contributed by atoms with Crippen LogP contribution in [0, 0.1) is 11.3 Å². The van der Waals surface area contributed by atoms with Crippen molar-refractivity contribution in [3.63, 3.8) is 0 Å². The molecule has 96 valence electrons. The fourth-order valence-corrected chi connectivity index (χ4v) is 3.38. The molecule has 0 aromatic heterocycles. The summed E-state index contributed by atoms with van der Waals surface area (Å²) in [6.07, 6.45) is 0.381. The van der Waals surface area contributed by atoms with Crippen LogP contribution in [0.3, 0.4) is 0 Å². The third-order valence-electron chi connectivity index (χ3n) is 3.19. The highest BCUT2D eigenvalue weighted by Gasteiger charge is 2.27. The first-order valence-corrected chi connectivity index (χ1v) is 7.15. The molecule has 1 aromatic carbocycles. The molecule has 3 nitrogen and oxygen atoms in total. The molecule has 18 heavy (non-hydrogen) atoms. The topological polar surface area (TPSA) is 53.0 Å². The zero-order valence-corrected chi connectivity index (χ0v) is 11.8. The zero-order chi connectivity index (χ0) is 13.2. The molecule has 2 N–H and O–H groups in total. The average molecular weight is 261 g/mol. The Bertz CT molecular complexity index is 476. The van der Waals surface area contributed by atoms with Gasteiger partial charge in [-0.15, -0.1) is 0 Å². The minimum absolute atomic E-state index is 0.287. The molecule has 2 rings (SSSR count). The second-order valence-electron chi connectivity index (χ2n) is 5.25. The number of nitrogens with zero attached hydrogens (tertiary/aromatic N) is 2. The summed E-state index contributed by atoms with van der Waals surface area (Å²) in [5.74, 6) is 1.14. The van der Waals surface area contributed by atoms with Crippen LogP contribution in [0.1, 0.15) is 19.4 Å². The zero-order valence-electron chi connectivity index (χ0n) is 10.9. The lowest BCUT2D eigenvalue weighted by Crippen LogP contribution is -2.43. The second kappa shape index (κ2) is 5.11. The van der Waals surface area contributed by atoms with Gasteiger partial charge in [-0.2, -0.15) is 17.0 Å². The molecule has 0 unspecified atom stereocenters. The first-order valence-electron chi connectivity index (χ1n) is 6.16. The Kier molecular flexibility index (Phi) is 3.72. The number of hydrogen-bond donors (Lipinski definition) is 1. The lowest BCUT2D eigenvalue weighted by atomic mass is 10.1. The van der Waals surface area contributed by atoms with Gasteiger partial charge in [-0.05, 0) is 37.6 Å². The predicted molar refractivity (Wildman–Crippen MR) is 78.9 cm³/mol. The lowest BCUT2D eigenvalue weighted by Gasteiger charge is -2.39. The fraction of sp³-hybridized carbons (Fsp3) is 0.500. The average Bonchev–Trinajstić information content (AvgIpc) is 2.31. The second-order valence-corrected chi connectivity index (χ2v) is 7.05. The van der Waals surface area contributed by atoms with Crippen molar-refractivity contribution in [2.24, 2.45) is 0 Å². The maximum absolute atomic E-state index is 8.81. The number of anilines is 2. The van der Waals surface area contributed by atoms with Gasteiger partial charge in [0.15, 0.2) is 0 Å². The van der Waals surface area contributed by atoms with Crippen LogP contribution in [-0.4, -0.2) is 23.6 Å². The summed E-state index contributed by atoms with van der Waals surface area (Å²) in [4.78, 5) is 2.39. The first kappa shape index (κ1) is 13.1. The molecule has 1 aromatic rings. The van der Waals surface area contributed by atoms with Crippen LogP contribution in [0.5, 0.6) is 0 Å². The Hall–Kier alpha value is -1.34. The molecule has 1 fully saturated rings. The summed E-state index contributed by atoms with van der Waals surface area (Å²) in [5, 5.41) is 8.81. The Morgan fingerprint density at radius 1 is 1.50 bits per heavy atom. The highest BCUT2D eigenvalue weighted by molar-refractivity contribution is 8.00. The largest absolute Gasteiger partial charge is 0.398 e. The van der Waals surface area contributed by atoms with Crippen LogP contribution in [0.4, 0.5) is 11.4 Å². The first-order chi connectivity index (χ1) is 8.52. The Morgan fingerprint density at radius 2 is 2.28 bits per heavy atom. The smallest absolute Gasteiger partial charge is 0.0670 e. The summed E-state index contributed by atoms with van der Waals surface area (Å²) < 4.78 is 0.287. The van der Waals surface area contributed by atoms with Gasteiger partial charge in [0.1, 0.15) is 0 Å². The van der Waals surface area contributed by atoms with Gasteiger partial charge in [-0.1, -0.05) is 0 Å². The standard InChI is InChI=1S/C14H19N3S/c1-14(2)10-17(7-8-18-14)12-3-4-13(16)11(9-12)5-6-15/h3-4,9H,5,7-8,10,16H2,1-2H3. The lowest BCUT2D eigenvalue weighted by molar-refractivity contribution is 0.647. The van der Waals surface area contributed by atoms with E-state index in [2.05, 4.69) is 36.9 Å². The summed E-state index contributed by atoms with van der Waals surface area (Å²) in [6, 6.07) is 8.20. The van der Waals surface area contributed by atoms with Crippen LogP contribution >= 0.6 is 11.8 Å². The van der Waals surface area contributed by atoms with E-state index in [0.29, 0.717) is 12.1 Å². The highest BCUT2D eigenvalue weighted by atomic mass is 32.2. The molecule has 0 bridgehead atoms. The van der Waals surface area contributed by atoms with Crippen molar-refractivity contribution in [1.82, 2.24) is 0 Å². The SMILES string of the molecule is CC1(C)CN(c2ccc(N)c(CC#N)c2)CCS1. The molecule has 0 spiro atoms. The molecule has 0 saturated carbocycles. The normalized spacial score (nSPS) is 18.4. The third kappa shape index (κ3) is 2.91. The number of benzene rings is 1. The summed E-state index contributed by atoms with van der Waals surface area (Å²) in [6.45, 7) is 6.65. The monoisotopic (exact) mass is 261 g/mol. The number of thioether (sulfide) groups is 1. The maximum atomic E-state index is 8.81. The van der Waals surface area contributed by atoms with Gasteiger partial charge in [0.2, 0.25) is 0 Å². The van der Waals surface area contributed by atoms with Gasteiger partial charge in [0.05, 0.1) is 12.5 Å². The van der Waals surface area contributed by atoms with Crippen molar-refractivity contribution in [3.8, 4) is 6.07 Å². The van der Waals surface area contributed by atoms with E-state index in [4.69, 9.17) is 11.0 Å². The molecule has 1 heterocycles. The van der Waals surface area contributed by atoms with Crippen LogP contribution in [0.25, 0.3) is 0 Å². The molecule has 1 saturated heterocycles. The molecule has 4 heteroatoms. The van der Waals surface area contributed by atoms with E-state index < -0.39 is 0 Å². The van der Waals surface area contributed by atoms with E-state index in [-0.39, 0.29) is 4.75 Å². The van der Waals surface area contributed by atoms with Crippen molar-refractivity contribution < 1.29 is 0 Å². The van der Waals surface area contributed by atoms with Gasteiger partial charge in [0, 0.05) is 35.0 Å². The fourth-order valence-electron chi connectivity index (χ4n) is 2.26. The summed E-state index contributed by atoms with van der Waals surface area (Å²) in [5.41, 5.74) is 8.72. The van der Waals surface area contributed by atoms with Crippen molar-refractivity contribution in [3.05, 3.63) is 23.8 Å². The molecule has 1 aliphatic rings. The number of nitrogen functional groups attached to an aromatic ring is 1.